The van der Waals surface area contributed by atoms with E-state index in [0.717, 1.165) is 51.6 Å². The standard InChI is InChI=1S/C16H28N2O4/c1-12(19)17(2)16(18-10-4-5-11-18)22-14-8-6-13(7-9-14)15(20)21-3/h13-14,16H,4-11H2,1-3H3. The first-order valence-electron chi connectivity index (χ1n) is 8.23. The van der Waals surface area contributed by atoms with Crippen molar-refractivity contribution in [3.8, 4) is 0 Å². The molecule has 6 nitrogen and oxygen atoms in total. The molecule has 1 saturated carbocycles. The second-order valence-electron chi connectivity index (χ2n) is 6.33. The molecule has 0 aromatic rings. The second kappa shape index (κ2) is 7.92. The molecule has 1 saturated heterocycles. The minimum atomic E-state index is -0.278. The first-order valence-corrected chi connectivity index (χ1v) is 8.23. The Bertz CT molecular complexity index is 388. The van der Waals surface area contributed by atoms with Crippen LogP contribution in [0.15, 0.2) is 0 Å². The third-order valence-corrected chi connectivity index (χ3v) is 4.80. The molecule has 0 aromatic heterocycles. The third-order valence-electron chi connectivity index (χ3n) is 4.80. The highest BCUT2D eigenvalue weighted by molar-refractivity contribution is 5.73. The molecule has 1 atom stereocenters. The highest BCUT2D eigenvalue weighted by Crippen LogP contribution is 2.29. The van der Waals surface area contributed by atoms with Crippen molar-refractivity contribution >= 4 is 11.9 Å². The molecule has 1 unspecified atom stereocenters. The van der Waals surface area contributed by atoms with E-state index in [1.165, 1.54) is 7.11 Å². The number of hydrogen-bond donors (Lipinski definition) is 0. The Hall–Kier alpha value is -1.14. The predicted octanol–water partition coefficient (Wildman–Crippen LogP) is 1.59. The molecule has 6 heteroatoms. The maximum atomic E-state index is 11.7. The quantitative estimate of drug-likeness (QED) is 0.570. The number of esters is 1. The molecule has 22 heavy (non-hydrogen) atoms. The fourth-order valence-corrected chi connectivity index (χ4v) is 3.31. The van der Waals surface area contributed by atoms with Gasteiger partial charge in [0.15, 0.2) is 6.35 Å². The summed E-state index contributed by atoms with van der Waals surface area (Å²) in [6.45, 7) is 3.51. The molecule has 2 rings (SSSR count). The number of methoxy groups -OCH3 is 1. The number of ether oxygens (including phenoxy) is 2. The van der Waals surface area contributed by atoms with E-state index >= 15 is 0 Å². The number of nitrogens with zero attached hydrogens (tertiary/aromatic N) is 2. The Morgan fingerprint density at radius 1 is 1.14 bits per heavy atom. The molecule has 1 amide bonds. The van der Waals surface area contributed by atoms with Crippen LogP contribution in [0.1, 0.15) is 45.4 Å². The summed E-state index contributed by atoms with van der Waals surface area (Å²) in [5.74, 6) is -0.101. The van der Waals surface area contributed by atoms with E-state index in [-0.39, 0.29) is 30.3 Å². The molecule has 1 aliphatic carbocycles. The van der Waals surface area contributed by atoms with Crippen molar-refractivity contribution < 1.29 is 19.1 Å². The molecule has 1 heterocycles. The Kier molecular flexibility index (Phi) is 6.20. The van der Waals surface area contributed by atoms with E-state index in [1.807, 2.05) is 0 Å². The summed E-state index contributed by atoms with van der Waals surface area (Å²) >= 11 is 0. The zero-order valence-corrected chi connectivity index (χ0v) is 13.9. The van der Waals surface area contributed by atoms with Crippen LogP contribution in [0, 0.1) is 5.92 Å². The summed E-state index contributed by atoms with van der Waals surface area (Å²) in [4.78, 5) is 27.2. The highest BCUT2D eigenvalue weighted by Gasteiger charge is 2.33. The Balaban J connectivity index is 1.91. The minimum Gasteiger partial charge on any atom is -0.469 e. The van der Waals surface area contributed by atoms with Gasteiger partial charge in [-0.2, -0.15) is 0 Å². The van der Waals surface area contributed by atoms with E-state index in [4.69, 9.17) is 9.47 Å². The molecular weight excluding hydrogens is 284 g/mol. The summed E-state index contributed by atoms with van der Waals surface area (Å²) < 4.78 is 11.1. The number of likely N-dealkylation sites (tertiary alicyclic amines) is 1. The van der Waals surface area contributed by atoms with E-state index in [2.05, 4.69) is 4.90 Å². The van der Waals surface area contributed by atoms with Gasteiger partial charge < -0.3 is 14.4 Å². The van der Waals surface area contributed by atoms with Crippen LogP contribution in [0.5, 0.6) is 0 Å². The van der Waals surface area contributed by atoms with Gasteiger partial charge in [0.05, 0.1) is 19.1 Å². The van der Waals surface area contributed by atoms with Gasteiger partial charge in [0.25, 0.3) is 0 Å². The van der Waals surface area contributed by atoms with Crippen molar-refractivity contribution in [1.29, 1.82) is 0 Å². The van der Waals surface area contributed by atoms with Crippen LogP contribution in [0.3, 0.4) is 0 Å². The number of rotatable bonds is 5. The lowest BCUT2D eigenvalue weighted by Crippen LogP contribution is -2.51. The second-order valence-corrected chi connectivity index (χ2v) is 6.33. The number of carbonyl (C=O) groups excluding carboxylic acids is 2. The first kappa shape index (κ1) is 17.2. The van der Waals surface area contributed by atoms with Gasteiger partial charge in [0, 0.05) is 27.1 Å². The van der Waals surface area contributed by atoms with E-state index in [0.29, 0.717) is 0 Å². The molecule has 2 aliphatic rings. The van der Waals surface area contributed by atoms with Crippen LogP contribution in [-0.2, 0) is 19.1 Å². The maximum Gasteiger partial charge on any atom is 0.308 e. The van der Waals surface area contributed by atoms with Gasteiger partial charge in [-0.1, -0.05) is 0 Å². The van der Waals surface area contributed by atoms with Crippen molar-refractivity contribution in [1.82, 2.24) is 9.80 Å². The van der Waals surface area contributed by atoms with Crippen LogP contribution < -0.4 is 0 Å². The lowest BCUT2D eigenvalue weighted by molar-refractivity contribution is -0.185. The summed E-state index contributed by atoms with van der Waals surface area (Å²) in [6.07, 6.45) is 5.42. The van der Waals surface area contributed by atoms with Gasteiger partial charge in [0.2, 0.25) is 5.91 Å². The highest BCUT2D eigenvalue weighted by atomic mass is 16.5. The van der Waals surface area contributed by atoms with E-state index in [1.54, 1.807) is 18.9 Å². The molecule has 2 fully saturated rings. The van der Waals surface area contributed by atoms with Gasteiger partial charge in [-0.05, 0) is 38.5 Å². The normalized spacial score (nSPS) is 27.4. The molecule has 126 valence electrons. The molecule has 0 N–H and O–H groups in total. The van der Waals surface area contributed by atoms with Crippen LogP contribution >= 0.6 is 0 Å². The zero-order valence-electron chi connectivity index (χ0n) is 13.9. The number of hydrogen-bond acceptors (Lipinski definition) is 5. The van der Waals surface area contributed by atoms with Crippen molar-refractivity contribution in [3.05, 3.63) is 0 Å². The summed E-state index contributed by atoms with van der Waals surface area (Å²) in [5, 5.41) is 0. The molecular formula is C16H28N2O4. The maximum absolute atomic E-state index is 11.7. The van der Waals surface area contributed by atoms with Crippen molar-refractivity contribution in [2.24, 2.45) is 5.92 Å². The van der Waals surface area contributed by atoms with Crippen LogP contribution in [0.4, 0.5) is 0 Å². The first-order chi connectivity index (χ1) is 10.5. The molecule has 1 aliphatic heterocycles. The molecule has 0 aromatic carbocycles. The summed E-state index contributed by atoms with van der Waals surface area (Å²) in [6, 6.07) is 0. The van der Waals surface area contributed by atoms with E-state index < -0.39 is 0 Å². The van der Waals surface area contributed by atoms with Crippen molar-refractivity contribution in [2.75, 3.05) is 27.2 Å². The van der Waals surface area contributed by atoms with Gasteiger partial charge in [-0.3, -0.25) is 14.5 Å². The van der Waals surface area contributed by atoms with Gasteiger partial charge in [-0.15, -0.1) is 0 Å². The van der Waals surface area contributed by atoms with Crippen LogP contribution in [-0.4, -0.2) is 61.4 Å². The van der Waals surface area contributed by atoms with Crippen LogP contribution in [0.25, 0.3) is 0 Å². The average Bonchev–Trinajstić information content (AvgIpc) is 3.05. The minimum absolute atomic E-state index is 0.000577. The SMILES string of the molecule is COC(=O)C1CCC(OC(N2CCCC2)N(C)C(C)=O)CC1. The topological polar surface area (TPSA) is 59.1 Å². The zero-order chi connectivity index (χ0) is 16.1. The molecule has 0 radical (unpaired) electrons. The number of amides is 1. The summed E-state index contributed by atoms with van der Waals surface area (Å²) in [5.41, 5.74) is 0. The van der Waals surface area contributed by atoms with E-state index in [9.17, 15) is 9.59 Å². The Labute approximate surface area is 132 Å². The summed E-state index contributed by atoms with van der Waals surface area (Å²) in [7, 11) is 3.24. The smallest absolute Gasteiger partial charge is 0.308 e. The van der Waals surface area contributed by atoms with Crippen LogP contribution in [0.2, 0.25) is 0 Å². The fraction of sp³-hybridized carbons (Fsp3) is 0.875. The third kappa shape index (κ3) is 4.20. The lowest BCUT2D eigenvalue weighted by Gasteiger charge is -2.38. The molecule has 0 bridgehead atoms. The fourth-order valence-electron chi connectivity index (χ4n) is 3.31. The Morgan fingerprint density at radius 3 is 2.23 bits per heavy atom. The predicted molar refractivity (Wildman–Crippen MR) is 81.9 cm³/mol. The largest absolute Gasteiger partial charge is 0.469 e. The van der Waals surface area contributed by atoms with Gasteiger partial charge in [-0.25, -0.2) is 0 Å². The Morgan fingerprint density at radius 2 is 1.73 bits per heavy atom. The van der Waals surface area contributed by atoms with Crippen molar-refractivity contribution in [2.45, 2.75) is 57.9 Å². The van der Waals surface area contributed by atoms with Gasteiger partial charge >= 0.3 is 5.97 Å². The number of carbonyl (C=O) groups is 2. The lowest BCUT2D eigenvalue weighted by atomic mass is 9.87. The monoisotopic (exact) mass is 312 g/mol. The van der Waals surface area contributed by atoms with Gasteiger partial charge in [0.1, 0.15) is 0 Å². The van der Waals surface area contributed by atoms with Crippen molar-refractivity contribution in [3.63, 3.8) is 0 Å². The molecule has 0 spiro atoms. The average molecular weight is 312 g/mol.